The Kier molecular flexibility index (Phi) is 4.27. The van der Waals surface area contributed by atoms with Crippen molar-refractivity contribution in [3.63, 3.8) is 0 Å². The molecule has 0 unspecified atom stereocenters. The second kappa shape index (κ2) is 4.47. The normalized spacial score (nSPS) is 8.11. The fraction of sp³-hybridized carbons (Fsp3) is 0.500. The van der Waals surface area contributed by atoms with Crippen LogP contribution in [-0.2, 0) is 10.3 Å². The zero-order valence-electron chi connectivity index (χ0n) is 4.49. The van der Waals surface area contributed by atoms with E-state index in [1.54, 1.807) is 0 Å². The summed E-state index contributed by atoms with van der Waals surface area (Å²) in [5.74, 6) is -0.528. The van der Waals surface area contributed by atoms with Crippen LogP contribution in [0.1, 0.15) is 6.92 Å². The first-order valence-corrected chi connectivity index (χ1v) is 5.04. The van der Waals surface area contributed by atoms with E-state index < -0.39 is 36.2 Å². The Bertz CT molecular complexity index is 110. The molecule has 0 aliphatic heterocycles. The van der Waals surface area contributed by atoms with Crippen molar-refractivity contribution in [1.82, 2.24) is 0 Å². The second-order valence-electron chi connectivity index (χ2n) is 0.992. The van der Waals surface area contributed by atoms with E-state index in [1.807, 2.05) is 0 Å². The number of rotatable bonds is 3. The topological polar surface area (TPSA) is 78.7 Å². The first-order chi connectivity index (χ1) is 4.13. The van der Waals surface area contributed by atoms with Gasteiger partial charge in [0, 0.05) is 0 Å². The Morgan fingerprint density at radius 3 is 2.67 bits per heavy atom. The van der Waals surface area contributed by atoms with E-state index in [0.717, 1.165) is 0 Å². The van der Waals surface area contributed by atoms with Crippen LogP contribution in [0.5, 0.6) is 0 Å². The predicted octanol–water partition coefficient (Wildman–Crippen LogP) is -0.708. The van der Waals surface area contributed by atoms with Crippen LogP contribution < -0.4 is 0 Å². The third-order valence-corrected chi connectivity index (χ3v) is 2.61. The molecule has 0 atom stereocenters. The Balaban J connectivity index is 3.10. The Hall–Kier alpha value is -0.408. The standard InChI is InChI=1S/C2H4O2.NO3.Pb/c1-2(3)4;2-1(3)4;/h1H3,(H,3,4);;/q;-1;+2/p-1. The second-order valence-corrected chi connectivity index (χ2v) is 3.14. The van der Waals surface area contributed by atoms with Gasteiger partial charge in [0.2, 0.25) is 0 Å². The van der Waals surface area contributed by atoms with Crippen molar-refractivity contribution in [2.45, 2.75) is 6.92 Å². The van der Waals surface area contributed by atoms with Crippen molar-refractivity contribution >= 4 is 31.1 Å². The van der Waals surface area contributed by atoms with Crippen LogP contribution in [-0.4, -0.2) is 36.2 Å². The minimum absolute atomic E-state index is 0.528. The zero-order valence-corrected chi connectivity index (χ0v) is 8.38. The van der Waals surface area contributed by atoms with Crippen LogP contribution in [0.2, 0.25) is 0 Å². The summed E-state index contributed by atoms with van der Waals surface area (Å²) in [4.78, 5) is 19.4. The van der Waals surface area contributed by atoms with Crippen molar-refractivity contribution in [1.29, 1.82) is 0 Å². The molecule has 0 aliphatic rings. The minimum atomic E-state index is -2.17. The third kappa shape index (κ3) is 7.59. The van der Waals surface area contributed by atoms with Crippen molar-refractivity contribution in [2.24, 2.45) is 0 Å². The first kappa shape index (κ1) is 8.59. The number of carbonyl (C=O) groups is 1. The van der Waals surface area contributed by atoms with Gasteiger partial charge in [0.15, 0.2) is 0 Å². The van der Waals surface area contributed by atoms with Gasteiger partial charge in [0.05, 0.1) is 0 Å². The molecule has 0 bridgehead atoms. The van der Waals surface area contributed by atoms with Gasteiger partial charge in [-0.1, -0.05) is 0 Å². The molecule has 50 valence electrons. The van der Waals surface area contributed by atoms with Crippen molar-refractivity contribution in [2.75, 3.05) is 0 Å². The molecule has 0 aromatic carbocycles. The van der Waals surface area contributed by atoms with Crippen molar-refractivity contribution in [3.05, 3.63) is 10.1 Å². The van der Waals surface area contributed by atoms with Crippen LogP contribution >= 0.6 is 0 Å². The Morgan fingerprint density at radius 2 is 2.33 bits per heavy atom. The quantitative estimate of drug-likeness (QED) is 0.389. The van der Waals surface area contributed by atoms with Crippen LogP contribution in [0, 0.1) is 10.1 Å². The molecule has 2 radical (unpaired) electrons. The zero-order chi connectivity index (χ0) is 7.28. The number of nitrogens with zero attached hydrogens (tertiary/aromatic N) is 1. The summed E-state index contributed by atoms with van der Waals surface area (Å²) >= 11 is -2.17. The fourth-order valence-corrected chi connectivity index (χ4v) is 0.945. The summed E-state index contributed by atoms with van der Waals surface area (Å²) in [5, 5.41) is 8.47. The van der Waals surface area contributed by atoms with Crippen LogP contribution in [0.3, 0.4) is 0 Å². The molecule has 0 fully saturated rings. The number of hydrogen-bond acceptors (Lipinski definition) is 5. The molecule has 0 spiro atoms. The Morgan fingerprint density at radius 1 is 1.78 bits per heavy atom. The van der Waals surface area contributed by atoms with E-state index in [2.05, 4.69) is 5.47 Å². The molecule has 0 heterocycles. The van der Waals surface area contributed by atoms with Gasteiger partial charge in [-0.15, -0.1) is 0 Å². The van der Waals surface area contributed by atoms with E-state index in [0.29, 0.717) is 0 Å². The summed E-state index contributed by atoms with van der Waals surface area (Å²) < 4.78 is 8.07. The van der Waals surface area contributed by atoms with E-state index in [9.17, 15) is 14.9 Å². The van der Waals surface area contributed by atoms with Gasteiger partial charge in [-0.05, 0) is 0 Å². The van der Waals surface area contributed by atoms with Gasteiger partial charge < -0.3 is 0 Å². The molecule has 9 heavy (non-hydrogen) atoms. The SMILES string of the molecule is CC(=O)[O][Pb][O][N+](=O)[O-]. The van der Waals surface area contributed by atoms with Gasteiger partial charge in [-0.2, -0.15) is 0 Å². The number of carbonyl (C=O) groups excluding carboxylic acids is 1. The van der Waals surface area contributed by atoms with E-state index >= 15 is 0 Å². The molecule has 0 amide bonds. The molecule has 7 heteroatoms. The maximum absolute atomic E-state index is 9.95. The van der Waals surface area contributed by atoms with E-state index in [4.69, 9.17) is 0 Å². The van der Waals surface area contributed by atoms with Gasteiger partial charge in [0.1, 0.15) is 0 Å². The summed E-state index contributed by atoms with van der Waals surface area (Å²) in [6.07, 6.45) is 0. The molecular formula is C2H3NO5Pb. The molecule has 0 N–H and O–H groups in total. The summed E-state index contributed by atoms with van der Waals surface area (Å²) in [7, 11) is 0. The molecule has 0 rings (SSSR count). The van der Waals surface area contributed by atoms with E-state index in [1.165, 1.54) is 6.92 Å². The van der Waals surface area contributed by atoms with Crippen LogP contribution in [0.15, 0.2) is 0 Å². The summed E-state index contributed by atoms with van der Waals surface area (Å²) in [6, 6.07) is 0. The van der Waals surface area contributed by atoms with Gasteiger partial charge in [0.25, 0.3) is 0 Å². The fourth-order valence-electron chi connectivity index (χ4n) is 0.108. The van der Waals surface area contributed by atoms with Gasteiger partial charge >= 0.3 is 63.5 Å². The van der Waals surface area contributed by atoms with E-state index in [-0.39, 0.29) is 0 Å². The van der Waals surface area contributed by atoms with Gasteiger partial charge in [-0.25, -0.2) is 0 Å². The molecule has 0 aliphatic carbocycles. The molecular weight excluding hydrogens is 325 g/mol. The van der Waals surface area contributed by atoms with Crippen molar-refractivity contribution in [3.8, 4) is 0 Å². The molecule has 0 aromatic rings. The van der Waals surface area contributed by atoms with Crippen LogP contribution in [0.25, 0.3) is 0 Å². The van der Waals surface area contributed by atoms with Gasteiger partial charge in [-0.3, -0.25) is 0 Å². The summed E-state index contributed by atoms with van der Waals surface area (Å²) in [5.41, 5.74) is 0. The monoisotopic (exact) mass is 329 g/mol. The molecule has 0 saturated carbocycles. The maximum atomic E-state index is 9.95. The first-order valence-electron chi connectivity index (χ1n) is 1.86. The summed E-state index contributed by atoms with van der Waals surface area (Å²) in [6.45, 7) is 1.18. The molecule has 6 nitrogen and oxygen atoms in total. The van der Waals surface area contributed by atoms with Crippen molar-refractivity contribution < 1.29 is 15.4 Å². The Labute approximate surface area is 63.8 Å². The average Bonchev–Trinajstić information content (AvgIpc) is 1.63. The average molecular weight is 328 g/mol. The number of hydrogen-bond donors (Lipinski definition) is 0. The predicted molar refractivity (Wildman–Crippen MR) is 25.6 cm³/mol. The van der Waals surface area contributed by atoms with Crippen LogP contribution in [0.4, 0.5) is 0 Å². The molecule has 0 aromatic heterocycles. The molecule has 0 saturated heterocycles. The third-order valence-electron chi connectivity index (χ3n) is 0.297.